The molecule has 0 unspecified atom stereocenters. The Labute approximate surface area is 253 Å². The van der Waals surface area contributed by atoms with Crippen molar-refractivity contribution < 1.29 is 22.9 Å². The van der Waals surface area contributed by atoms with Crippen LogP contribution in [0.2, 0.25) is 0 Å². The highest BCUT2D eigenvalue weighted by atomic mass is 32.1. The molecule has 0 radical (unpaired) electrons. The standard InChI is InChI=1S/C33H32F2N3O3PS/c1-4-12-36-19-22-5-9-28(38-20-22)32-18-29-33(43-32)31(11-13-37-29)41-30-10-6-21(15-27(30)35)14-24(39)16-23-17-25(42(2,3)40)7-8-26(23)34/h5-11,13,15,17-18,20,36H,4,12,14,16,19H2,1-3H3. The van der Waals surface area contributed by atoms with Gasteiger partial charge in [-0.3, -0.25) is 14.8 Å². The molecular formula is C33H32F2N3O3PS. The molecule has 1 N–H and O–H groups in total. The van der Waals surface area contributed by atoms with Gasteiger partial charge in [0.2, 0.25) is 0 Å². The number of Topliss-reactive ketones (excluding diaryl/α,β-unsaturated/α-hetero) is 1. The lowest BCUT2D eigenvalue weighted by Gasteiger charge is -2.11. The molecule has 0 aliphatic carbocycles. The van der Waals surface area contributed by atoms with Crippen LogP contribution in [-0.4, -0.2) is 35.6 Å². The van der Waals surface area contributed by atoms with Crippen LogP contribution in [0.25, 0.3) is 20.8 Å². The number of hydrogen-bond donors (Lipinski definition) is 1. The molecule has 43 heavy (non-hydrogen) atoms. The highest BCUT2D eigenvalue weighted by Gasteiger charge is 2.17. The number of rotatable bonds is 12. The fourth-order valence-corrected chi connectivity index (χ4v) is 6.54. The number of pyridine rings is 2. The van der Waals surface area contributed by atoms with Crippen LogP contribution in [0.5, 0.6) is 11.5 Å². The molecule has 3 heterocycles. The topological polar surface area (TPSA) is 81.2 Å². The van der Waals surface area contributed by atoms with E-state index in [4.69, 9.17) is 4.74 Å². The Morgan fingerprint density at radius 3 is 2.47 bits per heavy atom. The van der Waals surface area contributed by atoms with E-state index in [0.29, 0.717) is 16.6 Å². The summed E-state index contributed by atoms with van der Waals surface area (Å²) < 4.78 is 48.6. The van der Waals surface area contributed by atoms with Crippen molar-refractivity contribution in [2.45, 2.75) is 32.7 Å². The molecule has 0 fully saturated rings. The SMILES string of the molecule is CCCNCc1ccc(-c2cc3nccc(Oc4ccc(CC(=O)Cc5cc(P(C)(C)=O)ccc5F)cc4F)c3s2)nc1. The van der Waals surface area contributed by atoms with Gasteiger partial charge in [0.05, 0.1) is 20.8 Å². The Hall–Kier alpha value is -3.78. The number of thiophene rings is 1. The number of aromatic nitrogens is 2. The number of fused-ring (bicyclic) bond motifs is 1. The molecule has 0 atom stereocenters. The first kappa shape index (κ1) is 30.7. The zero-order valence-electron chi connectivity index (χ0n) is 24.2. The van der Waals surface area contributed by atoms with Gasteiger partial charge in [-0.05, 0) is 85.5 Å². The van der Waals surface area contributed by atoms with E-state index in [2.05, 4.69) is 22.2 Å². The number of ether oxygens (including phenoxy) is 1. The second-order valence-electron chi connectivity index (χ2n) is 10.7. The summed E-state index contributed by atoms with van der Waals surface area (Å²) in [4.78, 5) is 22.7. The fraction of sp³-hybridized carbons (Fsp3) is 0.242. The highest BCUT2D eigenvalue weighted by molar-refractivity contribution is 7.70. The minimum absolute atomic E-state index is 0.0149. The largest absolute Gasteiger partial charge is 0.453 e. The lowest BCUT2D eigenvalue weighted by atomic mass is 10.0. The molecular weight excluding hydrogens is 587 g/mol. The molecule has 0 aliphatic heterocycles. The number of nitrogens with zero attached hydrogens (tertiary/aromatic N) is 2. The third-order valence-electron chi connectivity index (χ3n) is 6.87. The molecule has 3 aromatic heterocycles. The minimum Gasteiger partial charge on any atom is -0.453 e. The van der Waals surface area contributed by atoms with Crippen LogP contribution in [0.1, 0.15) is 30.0 Å². The van der Waals surface area contributed by atoms with Crippen molar-refractivity contribution in [1.82, 2.24) is 15.3 Å². The molecule has 0 spiro atoms. The van der Waals surface area contributed by atoms with Crippen LogP contribution in [0.4, 0.5) is 8.78 Å². The van der Waals surface area contributed by atoms with Crippen LogP contribution in [0, 0.1) is 11.6 Å². The number of halogens is 2. The Kier molecular flexibility index (Phi) is 9.45. The molecule has 0 saturated carbocycles. The van der Waals surface area contributed by atoms with Crippen molar-refractivity contribution in [2.24, 2.45) is 0 Å². The quantitative estimate of drug-likeness (QED) is 0.115. The summed E-state index contributed by atoms with van der Waals surface area (Å²) in [6.45, 7) is 7.03. The van der Waals surface area contributed by atoms with Gasteiger partial charge in [0.25, 0.3) is 0 Å². The van der Waals surface area contributed by atoms with Crippen LogP contribution in [-0.2, 0) is 28.7 Å². The average molecular weight is 620 g/mol. The lowest BCUT2D eigenvalue weighted by molar-refractivity contribution is -0.117. The minimum atomic E-state index is -2.60. The van der Waals surface area contributed by atoms with Crippen molar-refractivity contribution in [3.63, 3.8) is 0 Å². The third kappa shape index (κ3) is 7.60. The van der Waals surface area contributed by atoms with E-state index < -0.39 is 18.8 Å². The molecule has 10 heteroatoms. The Morgan fingerprint density at radius 2 is 1.74 bits per heavy atom. The summed E-state index contributed by atoms with van der Waals surface area (Å²) in [6, 6.07) is 16.2. The molecule has 0 aliphatic rings. The van der Waals surface area contributed by atoms with E-state index in [9.17, 15) is 13.8 Å². The van der Waals surface area contributed by atoms with Crippen molar-refractivity contribution in [3.05, 3.63) is 101 Å². The molecule has 0 bridgehead atoms. The van der Waals surface area contributed by atoms with Crippen LogP contribution < -0.4 is 15.4 Å². The van der Waals surface area contributed by atoms with E-state index >= 15 is 4.39 Å². The average Bonchev–Trinajstić information content (AvgIpc) is 3.41. The normalized spacial score (nSPS) is 11.7. The molecule has 6 nitrogen and oxygen atoms in total. The Morgan fingerprint density at radius 1 is 0.930 bits per heavy atom. The van der Waals surface area contributed by atoms with Crippen molar-refractivity contribution in [3.8, 4) is 22.1 Å². The fourth-order valence-electron chi connectivity index (χ4n) is 4.60. The Balaban J connectivity index is 1.28. The number of hydrogen-bond acceptors (Lipinski definition) is 7. The molecule has 2 aromatic carbocycles. The van der Waals surface area contributed by atoms with Crippen LogP contribution in [0.15, 0.2) is 73.1 Å². The van der Waals surface area contributed by atoms with Gasteiger partial charge < -0.3 is 14.6 Å². The maximum Gasteiger partial charge on any atom is 0.166 e. The van der Waals surface area contributed by atoms with Crippen molar-refractivity contribution >= 4 is 39.8 Å². The first-order chi connectivity index (χ1) is 20.6. The van der Waals surface area contributed by atoms with E-state index in [1.807, 2.05) is 24.4 Å². The van der Waals surface area contributed by atoms with Gasteiger partial charge in [-0.1, -0.05) is 19.1 Å². The number of carbonyl (C=O) groups is 1. The molecule has 5 aromatic rings. The second kappa shape index (κ2) is 13.2. The highest BCUT2D eigenvalue weighted by Crippen LogP contribution is 2.39. The van der Waals surface area contributed by atoms with Gasteiger partial charge in [0.1, 0.15) is 24.5 Å². The zero-order chi connectivity index (χ0) is 30.6. The maximum atomic E-state index is 15.1. The summed E-state index contributed by atoms with van der Waals surface area (Å²) in [5.41, 5.74) is 3.26. The van der Waals surface area contributed by atoms with E-state index in [1.165, 1.54) is 41.7 Å². The molecule has 0 saturated heterocycles. The summed E-state index contributed by atoms with van der Waals surface area (Å²) in [7, 11) is -2.60. The predicted molar refractivity (Wildman–Crippen MR) is 169 cm³/mol. The Bertz CT molecular complexity index is 1820. The van der Waals surface area contributed by atoms with Gasteiger partial charge in [0.15, 0.2) is 11.6 Å². The van der Waals surface area contributed by atoms with Crippen LogP contribution >= 0.6 is 18.5 Å². The first-order valence-corrected chi connectivity index (χ1v) is 17.4. The maximum absolute atomic E-state index is 15.1. The van der Waals surface area contributed by atoms with Gasteiger partial charge in [-0.25, -0.2) is 8.78 Å². The summed E-state index contributed by atoms with van der Waals surface area (Å²) in [5, 5.41) is 3.88. The number of nitrogens with one attached hydrogen (secondary N) is 1. The molecule has 222 valence electrons. The van der Waals surface area contributed by atoms with Gasteiger partial charge in [-0.2, -0.15) is 0 Å². The van der Waals surface area contributed by atoms with Crippen molar-refractivity contribution in [1.29, 1.82) is 0 Å². The molecule has 0 amide bonds. The van der Waals surface area contributed by atoms with E-state index in [1.54, 1.807) is 31.7 Å². The summed E-state index contributed by atoms with van der Waals surface area (Å²) in [6.07, 6.45) is 4.28. The van der Waals surface area contributed by atoms with Crippen LogP contribution in [0.3, 0.4) is 0 Å². The summed E-state index contributed by atoms with van der Waals surface area (Å²) in [5.74, 6) is -0.961. The number of carbonyl (C=O) groups excluding carboxylic acids is 1. The summed E-state index contributed by atoms with van der Waals surface area (Å²) >= 11 is 1.46. The van der Waals surface area contributed by atoms with Gasteiger partial charge >= 0.3 is 0 Å². The van der Waals surface area contributed by atoms with E-state index in [-0.39, 0.29) is 29.9 Å². The lowest BCUT2D eigenvalue weighted by Crippen LogP contribution is -2.13. The smallest absolute Gasteiger partial charge is 0.166 e. The van der Waals surface area contributed by atoms with Gasteiger partial charge in [-0.15, -0.1) is 11.3 Å². The number of ketones is 1. The zero-order valence-corrected chi connectivity index (χ0v) is 25.9. The third-order valence-corrected chi connectivity index (χ3v) is 9.55. The molecule has 5 rings (SSSR count). The monoisotopic (exact) mass is 619 g/mol. The van der Waals surface area contributed by atoms with Crippen molar-refractivity contribution in [2.75, 3.05) is 19.9 Å². The predicted octanol–water partition coefficient (Wildman–Crippen LogP) is 7.53. The number of benzene rings is 2. The van der Waals surface area contributed by atoms with Gasteiger partial charge in [0, 0.05) is 43.2 Å². The second-order valence-corrected chi connectivity index (χ2v) is 15.0. The first-order valence-electron chi connectivity index (χ1n) is 14.0. The van der Waals surface area contributed by atoms with E-state index in [0.717, 1.165) is 45.9 Å².